The smallest absolute Gasteiger partial charge is 0.0246 e. The Morgan fingerprint density at radius 1 is 0.867 bits per heavy atom. The summed E-state index contributed by atoms with van der Waals surface area (Å²) in [5.74, 6) is 1.68. The summed E-state index contributed by atoms with van der Waals surface area (Å²) in [7, 11) is -0.609. The highest BCUT2D eigenvalue weighted by atomic mass is 32.2. The molecule has 2 N–H and O–H groups in total. The average Bonchev–Trinajstić information content (AvgIpc) is 2.25. The van der Waals surface area contributed by atoms with E-state index in [2.05, 4.69) is 6.92 Å². The third kappa shape index (κ3) is 12.0. The van der Waals surface area contributed by atoms with Crippen LogP contribution in [-0.4, -0.2) is 22.3 Å². The fourth-order valence-electron chi connectivity index (χ4n) is 1.57. The van der Waals surface area contributed by atoms with Crippen molar-refractivity contribution in [1.82, 2.24) is 0 Å². The van der Waals surface area contributed by atoms with Gasteiger partial charge >= 0.3 is 0 Å². The van der Waals surface area contributed by atoms with E-state index in [9.17, 15) is 4.21 Å². The maximum atomic E-state index is 11.4. The Morgan fingerprint density at radius 2 is 1.40 bits per heavy atom. The van der Waals surface area contributed by atoms with E-state index < -0.39 is 10.8 Å². The SMILES string of the molecule is CCCCCCCCCS(=O)CCCN. The molecule has 0 amide bonds. The average molecular weight is 233 g/mol. The largest absolute Gasteiger partial charge is 0.330 e. The molecular formula is C12H27NOS. The summed E-state index contributed by atoms with van der Waals surface area (Å²) >= 11 is 0. The first kappa shape index (κ1) is 15.1. The fraction of sp³-hybridized carbons (Fsp3) is 1.00. The summed E-state index contributed by atoms with van der Waals surface area (Å²) in [6, 6.07) is 0. The van der Waals surface area contributed by atoms with E-state index in [1.165, 1.54) is 38.5 Å². The van der Waals surface area contributed by atoms with Gasteiger partial charge in [-0.1, -0.05) is 45.4 Å². The summed E-state index contributed by atoms with van der Waals surface area (Å²) in [5, 5.41) is 0. The van der Waals surface area contributed by atoms with E-state index in [-0.39, 0.29) is 0 Å². The van der Waals surface area contributed by atoms with Gasteiger partial charge in [0.2, 0.25) is 0 Å². The second-order valence-corrected chi connectivity index (χ2v) is 5.81. The summed E-state index contributed by atoms with van der Waals surface area (Å²) < 4.78 is 11.4. The molecule has 1 atom stereocenters. The predicted molar refractivity (Wildman–Crippen MR) is 69.5 cm³/mol. The zero-order valence-corrected chi connectivity index (χ0v) is 11.0. The Morgan fingerprint density at radius 3 is 2.00 bits per heavy atom. The van der Waals surface area contributed by atoms with Crippen LogP contribution in [0.2, 0.25) is 0 Å². The van der Waals surface area contributed by atoms with Gasteiger partial charge in [0, 0.05) is 22.3 Å². The molecule has 0 bridgehead atoms. The van der Waals surface area contributed by atoms with Gasteiger partial charge in [-0.05, 0) is 19.4 Å². The van der Waals surface area contributed by atoms with Crippen molar-refractivity contribution in [2.45, 2.75) is 58.3 Å². The molecule has 0 aliphatic carbocycles. The van der Waals surface area contributed by atoms with Gasteiger partial charge in [-0.3, -0.25) is 4.21 Å². The lowest BCUT2D eigenvalue weighted by atomic mass is 10.1. The highest BCUT2D eigenvalue weighted by Gasteiger charge is 1.98. The van der Waals surface area contributed by atoms with Crippen molar-refractivity contribution in [1.29, 1.82) is 0 Å². The standard InChI is InChI=1S/C12H27NOS/c1-2-3-4-5-6-7-8-11-15(14)12-9-10-13/h2-13H2,1H3. The van der Waals surface area contributed by atoms with Crippen molar-refractivity contribution < 1.29 is 4.21 Å². The van der Waals surface area contributed by atoms with Crippen LogP contribution in [0.1, 0.15) is 58.3 Å². The second kappa shape index (κ2) is 12.2. The van der Waals surface area contributed by atoms with E-state index in [1.54, 1.807) is 0 Å². The van der Waals surface area contributed by atoms with Crippen molar-refractivity contribution in [3.05, 3.63) is 0 Å². The minimum atomic E-state index is -0.609. The van der Waals surface area contributed by atoms with Crippen LogP contribution < -0.4 is 5.73 Å². The summed E-state index contributed by atoms with van der Waals surface area (Å²) in [6.07, 6.45) is 9.99. The predicted octanol–water partition coefficient (Wildman–Crippen LogP) is 2.83. The number of unbranched alkanes of at least 4 members (excludes halogenated alkanes) is 6. The van der Waals surface area contributed by atoms with E-state index >= 15 is 0 Å². The van der Waals surface area contributed by atoms with Crippen LogP contribution in [0.5, 0.6) is 0 Å². The lowest BCUT2D eigenvalue weighted by Gasteiger charge is -2.02. The molecule has 0 radical (unpaired) electrons. The summed E-state index contributed by atoms with van der Waals surface area (Å²) in [4.78, 5) is 0. The lowest BCUT2D eigenvalue weighted by molar-refractivity contribution is 0.601. The van der Waals surface area contributed by atoms with Crippen molar-refractivity contribution in [2.75, 3.05) is 18.1 Å². The molecule has 0 aromatic heterocycles. The minimum Gasteiger partial charge on any atom is -0.330 e. The van der Waals surface area contributed by atoms with Gasteiger partial charge in [0.25, 0.3) is 0 Å². The molecule has 0 aromatic rings. The molecule has 0 spiro atoms. The molecule has 0 saturated heterocycles. The van der Waals surface area contributed by atoms with Crippen LogP contribution in [0.4, 0.5) is 0 Å². The number of rotatable bonds is 11. The van der Waals surface area contributed by atoms with Crippen molar-refractivity contribution in [3.8, 4) is 0 Å². The molecule has 0 aromatic carbocycles. The van der Waals surface area contributed by atoms with Gasteiger partial charge in [0.15, 0.2) is 0 Å². The first-order chi connectivity index (χ1) is 7.31. The van der Waals surface area contributed by atoms with Crippen LogP contribution in [0.15, 0.2) is 0 Å². The van der Waals surface area contributed by atoms with Crippen molar-refractivity contribution >= 4 is 10.8 Å². The van der Waals surface area contributed by atoms with Crippen LogP contribution in [-0.2, 0) is 10.8 Å². The lowest BCUT2D eigenvalue weighted by Crippen LogP contribution is -2.08. The molecule has 0 saturated carbocycles. The van der Waals surface area contributed by atoms with Gasteiger partial charge < -0.3 is 5.73 Å². The van der Waals surface area contributed by atoms with Crippen LogP contribution in [0.25, 0.3) is 0 Å². The van der Waals surface area contributed by atoms with E-state index in [0.717, 1.165) is 24.3 Å². The maximum absolute atomic E-state index is 11.4. The molecule has 1 unspecified atom stereocenters. The zero-order chi connectivity index (χ0) is 11.4. The summed E-state index contributed by atoms with van der Waals surface area (Å²) in [6.45, 7) is 2.91. The third-order valence-corrected chi connectivity index (χ3v) is 4.04. The number of nitrogens with two attached hydrogens (primary N) is 1. The minimum absolute atomic E-state index is 0.609. The molecular weight excluding hydrogens is 206 g/mol. The van der Waals surface area contributed by atoms with Crippen LogP contribution in [0, 0.1) is 0 Å². The fourth-order valence-corrected chi connectivity index (χ4v) is 2.79. The first-order valence-electron chi connectivity index (χ1n) is 6.36. The van der Waals surface area contributed by atoms with Gasteiger partial charge in [-0.15, -0.1) is 0 Å². The normalized spacial score (nSPS) is 12.9. The molecule has 0 aliphatic rings. The zero-order valence-electron chi connectivity index (χ0n) is 10.2. The highest BCUT2D eigenvalue weighted by Crippen LogP contribution is 2.07. The van der Waals surface area contributed by atoms with Crippen LogP contribution >= 0.6 is 0 Å². The Kier molecular flexibility index (Phi) is 12.3. The monoisotopic (exact) mass is 233 g/mol. The number of hydrogen-bond donors (Lipinski definition) is 1. The molecule has 0 heterocycles. The Hall–Kier alpha value is 0.110. The quantitative estimate of drug-likeness (QED) is 0.558. The second-order valence-electron chi connectivity index (χ2n) is 4.11. The number of hydrogen-bond acceptors (Lipinski definition) is 2. The molecule has 0 fully saturated rings. The first-order valence-corrected chi connectivity index (χ1v) is 7.85. The molecule has 0 rings (SSSR count). The molecule has 92 valence electrons. The third-order valence-electron chi connectivity index (χ3n) is 2.55. The van der Waals surface area contributed by atoms with Crippen molar-refractivity contribution in [2.24, 2.45) is 5.73 Å². The van der Waals surface area contributed by atoms with Gasteiger partial charge in [0.1, 0.15) is 0 Å². The Balaban J connectivity index is 3.06. The molecule has 0 aliphatic heterocycles. The molecule has 15 heavy (non-hydrogen) atoms. The highest BCUT2D eigenvalue weighted by molar-refractivity contribution is 7.84. The van der Waals surface area contributed by atoms with Gasteiger partial charge in [-0.25, -0.2) is 0 Å². The maximum Gasteiger partial charge on any atom is 0.0246 e. The van der Waals surface area contributed by atoms with E-state index in [4.69, 9.17) is 5.73 Å². The van der Waals surface area contributed by atoms with E-state index in [1.807, 2.05) is 0 Å². The summed E-state index contributed by atoms with van der Waals surface area (Å²) in [5.41, 5.74) is 5.37. The topological polar surface area (TPSA) is 43.1 Å². The Labute approximate surface area is 97.5 Å². The van der Waals surface area contributed by atoms with Crippen LogP contribution in [0.3, 0.4) is 0 Å². The van der Waals surface area contributed by atoms with E-state index in [0.29, 0.717) is 6.54 Å². The molecule has 2 nitrogen and oxygen atoms in total. The van der Waals surface area contributed by atoms with Gasteiger partial charge in [0.05, 0.1) is 0 Å². The van der Waals surface area contributed by atoms with Crippen molar-refractivity contribution in [3.63, 3.8) is 0 Å². The van der Waals surface area contributed by atoms with Gasteiger partial charge in [-0.2, -0.15) is 0 Å². The Bertz CT molecular complexity index is 151. The molecule has 3 heteroatoms.